The van der Waals surface area contributed by atoms with Crippen molar-refractivity contribution in [2.45, 2.75) is 160 Å². The van der Waals surface area contributed by atoms with Crippen molar-refractivity contribution in [1.29, 1.82) is 0 Å². The Hall–Kier alpha value is -9.60. The van der Waals surface area contributed by atoms with Crippen LogP contribution in [0.15, 0.2) is 78.7 Å². The highest BCUT2D eigenvalue weighted by Crippen LogP contribution is 2.59. The zero-order valence-electron chi connectivity index (χ0n) is 69.2. The number of aliphatic hydroxyl groups is 6. The Labute approximate surface area is 759 Å². The Morgan fingerprint density at radius 3 is 1.34 bits per heavy atom. The highest BCUT2D eigenvalue weighted by atomic mass is 31.2. The molecule has 21 heterocycles. The van der Waals surface area contributed by atoms with Crippen LogP contribution in [0.25, 0.3) is 55.7 Å². The van der Waals surface area contributed by atoms with E-state index in [4.69, 9.17) is 110 Å². The van der Waals surface area contributed by atoms with Crippen LogP contribution in [0.3, 0.4) is 0 Å². The first kappa shape index (κ1) is 96.3. The number of nitrogens with zero attached hydrogens (tertiary/aromatic N) is 19. The van der Waals surface area contributed by atoms with E-state index in [-0.39, 0.29) is 79.4 Å². The van der Waals surface area contributed by atoms with Crippen LogP contribution in [0.5, 0.6) is 0 Å². The second-order valence-corrected chi connectivity index (χ2v) is 39.7. The monoisotopic (exact) mass is 2050 g/mol. The van der Waals surface area contributed by atoms with Crippen LogP contribution < -0.4 is 44.7 Å². The Bertz CT molecular complexity index is 6870. The number of hydrogen-bond donors (Lipinski definition) is 20. The molecule has 24 N–H and O–H groups in total. The molecule has 7 unspecified atom stereocenters. The van der Waals surface area contributed by atoms with Crippen molar-refractivity contribution in [1.82, 2.24) is 107 Å². The molecule has 11 aromatic rings. The summed E-state index contributed by atoms with van der Waals surface area (Å²) in [7, 11) is -28.9. The summed E-state index contributed by atoms with van der Waals surface area (Å²) in [5.74, 6) is -0.944. The van der Waals surface area contributed by atoms with Crippen molar-refractivity contribution in [3.63, 3.8) is 0 Å². The molecule has 9 saturated heterocycles. The Balaban J connectivity index is 0.000000132. The third kappa shape index (κ3) is 18.9. The van der Waals surface area contributed by atoms with Gasteiger partial charge in [-0.25, -0.2) is 82.2 Å². The number of anilines is 4. The van der Waals surface area contributed by atoms with E-state index in [9.17, 15) is 102 Å². The summed E-state index contributed by atoms with van der Waals surface area (Å²) in [4.78, 5) is 158. The van der Waals surface area contributed by atoms with E-state index < -0.39 is 257 Å². The highest BCUT2D eigenvalue weighted by Gasteiger charge is 2.60. The quantitative estimate of drug-likeness (QED) is 0.0599. The van der Waals surface area contributed by atoms with Gasteiger partial charge in [0.1, 0.15) is 145 Å². The van der Waals surface area contributed by atoms with Crippen LogP contribution in [-0.4, -0.2) is 338 Å². The molecule has 21 rings (SSSR count). The molecule has 67 nitrogen and oxygen atoms in total. The van der Waals surface area contributed by atoms with Crippen molar-refractivity contribution in [2.24, 2.45) is 5.73 Å². The summed E-state index contributed by atoms with van der Waals surface area (Å²) in [6.07, 6.45) is -25.7. The summed E-state index contributed by atoms with van der Waals surface area (Å²) >= 11 is 0. The average molecular weight is 2050 g/mol. The number of fused-ring (bicyclic) bond motifs is 15. The van der Waals surface area contributed by atoms with Gasteiger partial charge in [-0.05, 0) is 6.07 Å². The maximum absolute atomic E-state index is 13.3. The molecule has 6 bridgehead atoms. The number of pyridine rings is 1. The minimum Gasteiger partial charge on any atom is -0.387 e. The first-order valence-electron chi connectivity index (χ1n) is 40.2. The molecule has 740 valence electrons. The number of carbonyl (C=O) groups is 1. The number of aliphatic hydroxyl groups excluding tert-OH is 6. The molecule has 0 radical (unpaired) electrons. The number of carbonyl (C=O) groups excluding carboxylic acids is 1. The largest absolute Gasteiger partial charge is 0.472 e. The zero-order chi connectivity index (χ0) is 96.8. The van der Waals surface area contributed by atoms with Gasteiger partial charge < -0.3 is 131 Å². The van der Waals surface area contributed by atoms with Crippen molar-refractivity contribution >= 4 is 132 Å². The fourth-order valence-corrected chi connectivity index (χ4v) is 22.1. The minimum atomic E-state index is -5.11. The van der Waals surface area contributed by atoms with Gasteiger partial charge in [0.2, 0.25) is 11.9 Å². The number of H-pyrrole nitrogens is 2. The predicted molar refractivity (Wildman–Crippen MR) is 438 cm³/mol. The van der Waals surface area contributed by atoms with Crippen molar-refractivity contribution in [2.75, 3.05) is 75.9 Å². The van der Waals surface area contributed by atoms with Crippen molar-refractivity contribution in [3.05, 3.63) is 101 Å². The van der Waals surface area contributed by atoms with Crippen LogP contribution in [-0.2, 0) is 121 Å². The Morgan fingerprint density at radius 1 is 0.423 bits per heavy atom. The smallest absolute Gasteiger partial charge is 0.387 e. The van der Waals surface area contributed by atoms with Gasteiger partial charge in [-0.15, -0.1) is 0 Å². The van der Waals surface area contributed by atoms with Crippen LogP contribution in [0, 0.1) is 0 Å². The molecular formula is C64H79N27O40P6. The summed E-state index contributed by atoms with van der Waals surface area (Å²) in [5.41, 5.74) is 23.5. The minimum absolute atomic E-state index is 0.00694. The standard InChI is InChI=1S/C23H31N9O14P2.C21H24N8O13P2.C20H24N10O13P2/c1-40-3-2-9-12-18(26-6-25-9)31(7-27-12)21-15(34)16-11(44-21)5-42-48(38,39)46-17-14(33)10(4-41-47(36,37)45-16)43-22(17)32-8-28-13-19(32)29-23(24)30-20(13)35;22-17-12-18(25-5-24-17)29(7-27-12)20-14(31)15-10(40-20)4-38-44(35,36)42-16-13(30)9(3-37-43(33,34)41-15)39-21(16)28-6-26-11-8(28)1-2-23-19(11)32;21-19-23-1-6-14(26-19)29(4-24-6)17-11(32)12-8(41-17)3-39-45(36,37)43-13-10(31)7(2-38-44(34,35)42-12)40-18(13)30-5-25-9-15(30)27-20(22)28-16(9)33/h6-8,10-11,14-17,21-23,29,33-34H,2-5,24H2,1H3,(H,30,35)(H,36,37)(H,38,39);1-2,5-7,9-10,13-16,20-21,30-31H,3-4H2,(H,23,32)(H,33,34)(H,35,36)(H2,22,24,25);1,4-5,7-8,10-13,17-18,31-32H,2-3H2,(H,34,35)(H,36,37)(H2,21,23,26)(H3,22,27,28,33)/t10-,11-,14-,15-,16-,17-,21-,22-,23?;9-,10-,13-,14-,15-,16-,20-,21-;7-,8-,10-,11-,12-,13-,17-,18-/m111/s1. The number of nitrogens with one attached hydrogen (secondary N) is 4. The lowest BCUT2D eigenvalue weighted by molar-refractivity contribution is -0.0677. The molecule has 10 aliphatic heterocycles. The average Bonchev–Trinajstić information content (AvgIpc) is 1.61. The topological polar surface area (TPSA) is 929 Å². The molecule has 0 aliphatic carbocycles. The number of aromatic nitrogens is 21. The van der Waals surface area contributed by atoms with E-state index >= 15 is 0 Å². The molecule has 10 aliphatic rings. The van der Waals surface area contributed by atoms with Crippen LogP contribution in [0.2, 0.25) is 0 Å². The van der Waals surface area contributed by atoms with E-state index in [0.29, 0.717) is 24.2 Å². The third-order valence-electron chi connectivity index (χ3n) is 22.7. The second-order valence-electron chi connectivity index (χ2n) is 31.3. The second kappa shape index (κ2) is 37.1. The number of aromatic amines is 2. The third-order valence-corrected chi connectivity index (χ3v) is 28.6. The van der Waals surface area contributed by atoms with E-state index in [1.54, 1.807) is 0 Å². The molecule has 73 heteroatoms. The molecule has 0 spiro atoms. The van der Waals surface area contributed by atoms with Gasteiger partial charge in [0.05, 0.1) is 102 Å². The number of imidazole rings is 6. The number of amides is 1. The number of nitrogens with two attached hydrogens (primary N) is 4. The summed E-state index contributed by atoms with van der Waals surface area (Å²) < 4.78 is 189. The maximum Gasteiger partial charge on any atom is 0.472 e. The number of nitrogen functional groups attached to an aromatic ring is 3. The Kier molecular flexibility index (Phi) is 26.1. The molecule has 31 atom stereocenters. The lowest BCUT2D eigenvalue weighted by Gasteiger charge is -2.28. The highest BCUT2D eigenvalue weighted by molar-refractivity contribution is 7.48. The maximum atomic E-state index is 13.3. The molecule has 0 saturated carbocycles. The van der Waals surface area contributed by atoms with Gasteiger partial charge in [0.15, 0.2) is 88.8 Å². The van der Waals surface area contributed by atoms with Gasteiger partial charge >= 0.3 is 46.9 Å². The molecule has 1 amide bonds. The number of rotatable bonds is 9. The number of ether oxygens (including phenoxy) is 7. The van der Waals surface area contributed by atoms with Gasteiger partial charge in [0.25, 0.3) is 17.0 Å². The SMILES string of the molecule is COCCc1ncnc2c1ncn2[C@@H]1O[C@@H]2COP(=O)(O)O[C@@H]3[C@H](O)[C@@H](COP(=O)(O)O[C@H]2[C@H]1O)O[C@H]3n1cnc2c1NC(N)NC2=O.Nc1ncc2ncn([C@@H]3O[C@@H]4COP(=O)(O)O[C@@H]5[C@H](O)[C@@H](COP(=O)(O)O[C@H]4[C@H]3O)O[C@H]5n3cnc4c(=O)[nH]c(N)nc43)c2n1.Nc1ncnc2c1ncn2[C@@H]1O[C@@H]2COP(=O)(O)O[C@@H]3[C@H](O)[C@@H](COP(=O)(O)O[C@H]2[C@H]1O)O[C@H]3n1cnc2c(=O)[nH]ccc21. The predicted octanol–water partition coefficient (Wildman–Crippen LogP) is -5.82. The van der Waals surface area contributed by atoms with Crippen LogP contribution in [0.1, 0.15) is 53.5 Å². The summed E-state index contributed by atoms with van der Waals surface area (Å²) in [5, 5.41) is 71.8. The first-order chi connectivity index (χ1) is 65.1. The molecule has 137 heavy (non-hydrogen) atoms. The fraction of sp³-hybridized carbons (Fsp3) is 0.531. The van der Waals surface area contributed by atoms with E-state index in [0.717, 1.165) is 23.5 Å². The molecule has 0 aromatic carbocycles. The number of hydrogen-bond acceptors (Lipinski definition) is 52. The van der Waals surface area contributed by atoms with Gasteiger partial charge in [-0.3, -0.25) is 102 Å². The number of phosphoric ester groups is 6. The normalized spacial score (nSPS) is 38.2. The molecular weight excluding hydrogens is 1970 g/mol. The van der Waals surface area contributed by atoms with E-state index in [1.165, 1.54) is 80.0 Å². The van der Waals surface area contributed by atoms with E-state index in [2.05, 4.69) is 85.4 Å². The first-order valence-corrected chi connectivity index (χ1v) is 49.2. The number of phosphoric acid groups is 6. The van der Waals surface area contributed by atoms with Crippen molar-refractivity contribution < 1.29 is 180 Å². The zero-order valence-corrected chi connectivity index (χ0v) is 74.6. The van der Waals surface area contributed by atoms with Crippen LogP contribution in [0.4, 0.5) is 23.5 Å². The lowest BCUT2D eigenvalue weighted by atomic mass is 10.1. The van der Waals surface area contributed by atoms with E-state index in [1.807, 2.05) is 0 Å². The summed E-state index contributed by atoms with van der Waals surface area (Å²) in [6.45, 7) is -4.49. The van der Waals surface area contributed by atoms with Gasteiger partial charge in [-0.2, -0.15) is 9.97 Å². The molecule has 11 aromatic heterocycles. The number of methoxy groups -OCH3 is 1. The van der Waals surface area contributed by atoms with Gasteiger partial charge in [0, 0.05) is 19.7 Å². The molecule has 9 fully saturated rings. The lowest BCUT2D eigenvalue weighted by Crippen LogP contribution is -2.51. The van der Waals surface area contributed by atoms with Crippen LogP contribution >= 0.6 is 46.9 Å². The van der Waals surface area contributed by atoms with Gasteiger partial charge in [-0.1, -0.05) is 0 Å². The summed E-state index contributed by atoms with van der Waals surface area (Å²) in [6, 6.07) is 1.48. The Morgan fingerprint density at radius 2 is 0.832 bits per heavy atom. The van der Waals surface area contributed by atoms with Crippen molar-refractivity contribution in [3.8, 4) is 0 Å². The fourth-order valence-electron chi connectivity index (χ4n) is 16.4.